The summed E-state index contributed by atoms with van der Waals surface area (Å²) in [5.74, 6) is 4.33. The van der Waals surface area contributed by atoms with Gasteiger partial charge in [-0.1, -0.05) is 5.92 Å². The summed E-state index contributed by atoms with van der Waals surface area (Å²) in [6, 6.07) is 1.92. The molecule has 0 fully saturated rings. The average Bonchev–Trinajstić information content (AvgIpc) is 2.50. The number of hydrogen-bond donors (Lipinski definition) is 0. The van der Waals surface area contributed by atoms with Crippen LogP contribution < -0.4 is 0 Å². The van der Waals surface area contributed by atoms with Gasteiger partial charge in [0.15, 0.2) is 6.29 Å². The van der Waals surface area contributed by atoms with Crippen molar-refractivity contribution in [3.63, 3.8) is 0 Å². The van der Waals surface area contributed by atoms with E-state index in [1.165, 1.54) is 0 Å². The predicted molar refractivity (Wildman–Crippen MR) is 65.5 cm³/mol. The monoisotopic (exact) mass is 221 g/mol. The standard InChI is InChI=1S/C12H15NOS/c1-4-6-15-7-5-13-10(2)8-12(9-14)11(13)3/h1,8-9H,5-7H2,2-3H3. The number of terminal acetylenes is 1. The lowest BCUT2D eigenvalue weighted by Crippen LogP contribution is -2.05. The predicted octanol–water partition coefficient (Wildman–Crippen LogP) is 2.28. The zero-order chi connectivity index (χ0) is 11.3. The number of aryl methyl sites for hydroxylation is 1. The van der Waals surface area contributed by atoms with Crippen molar-refractivity contribution in [3.05, 3.63) is 23.0 Å². The number of aldehydes is 1. The molecule has 0 saturated heterocycles. The molecule has 0 amide bonds. The largest absolute Gasteiger partial charge is 0.348 e. The molecule has 1 heterocycles. The maximum absolute atomic E-state index is 10.7. The van der Waals surface area contributed by atoms with E-state index >= 15 is 0 Å². The molecule has 0 unspecified atom stereocenters. The van der Waals surface area contributed by atoms with E-state index in [9.17, 15) is 4.79 Å². The van der Waals surface area contributed by atoms with Gasteiger partial charge in [0.2, 0.25) is 0 Å². The Morgan fingerprint density at radius 2 is 2.33 bits per heavy atom. The van der Waals surface area contributed by atoms with E-state index in [-0.39, 0.29) is 0 Å². The highest BCUT2D eigenvalue weighted by Crippen LogP contribution is 2.14. The Morgan fingerprint density at radius 1 is 1.60 bits per heavy atom. The number of nitrogens with zero attached hydrogens (tertiary/aromatic N) is 1. The molecule has 0 saturated carbocycles. The lowest BCUT2D eigenvalue weighted by Gasteiger charge is -2.08. The highest BCUT2D eigenvalue weighted by Gasteiger charge is 2.07. The van der Waals surface area contributed by atoms with E-state index in [1.54, 1.807) is 11.8 Å². The van der Waals surface area contributed by atoms with E-state index in [2.05, 4.69) is 10.5 Å². The Morgan fingerprint density at radius 3 is 2.87 bits per heavy atom. The fraction of sp³-hybridized carbons (Fsp3) is 0.417. The molecule has 3 heteroatoms. The molecule has 0 radical (unpaired) electrons. The Bertz CT molecular complexity index is 387. The number of hydrogen-bond acceptors (Lipinski definition) is 2. The molecule has 0 bridgehead atoms. The first-order valence-corrected chi connectivity index (χ1v) is 5.99. The van der Waals surface area contributed by atoms with Crippen LogP contribution in [-0.4, -0.2) is 22.4 Å². The molecule has 0 aliphatic carbocycles. The lowest BCUT2D eigenvalue weighted by molar-refractivity contribution is 0.112. The zero-order valence-electron chi connectivity index (χ0n) is 9.12. The van der Waals surface area contributed by atoms with Crippen LogP contribution in [0.3, 0.4) is 0 Å². The quantitative estimate of drug-likeness (QED) is 0.432. The summed E-state index contributed by atoms with van der Waals surface area (Å²) in [6.07, 6.45) is 6.08. The first-order valence-electron chi connectivity index (χ1n) is 4.83. The molecule has 0 aliphatic rings. The number of rotatable bonds is 5. The highest BCUT2D eigenvalue weighted by molar-refractivity contribution is 7.99. The van der Waals surface area contributed by atoms with E-state index in [4.69, 9.17) is 6.42 Å². The molecule has 2 nitrogen and oxygen atoms in total. The van der Waals surface area contributed by atoms with Gasteiger partial charge in [0, 0.05) is 29.2 Å². The van der Waals surface area contributed by atoms with Gasteiger partial charge in [0.25, 0.3) is 0 Å². The molecule has 0 aliphatic heterocycles. The Hall–Kier alpha value is -1.14. The summed E-state index contributed by atoms with van der Waals surface area (Å²) in [4.78, 5) is 10.7. The number of carbonyl (C=O) groups excluding carboxylic acids is 1. The summed E-state index contributed by atoms with van der Waals surface area (Å²) in [7, 11) is 0. The topological polar surface area (TPSA) is 22.0 Å². The molecular formula is C12H15NOS. The van der Waals surface area contributed by atoms with Crippen LogP contribution in [0, 0.1) is 26.2 Å². The van der Waals surface area contributed by atoms with Crippen LogP contribution in [0.2, 0.25) is 0 Å². The van der Waals surface area contributed by atoms with Crippen LogP contribution in [0.25, 0.3) is 0 Å². The van der Waals surface area contributed by atoms with Gasteiger partial charge in [-0.2, -0.15) is 0 Å². The summed E-state index contributed by atoms with van der Waals surface area (Å²) < 4.78 is 2.16. The van der Waals surface area contributed by atoms with E-state index in [0.29, 0.717) is 0 Å². The summed E-state index contributed by atoms with van der Waals surface area (Å²) in [5.41, 5.74) is 2.97. The van der Waals surface area contributed by atoms with E-state index in [1.807, 2.05) is 19.9 Å². The fourth-order valence-electron chi connectivity index (χ4n) is 1.58. The third-order valence-corrected chi connectivity index (χ3v) is 3.23. The van der Waals surface area contributed by atoms with Gasteiger partial charge in [0.05, 0.1) is 5.75 Å². The lowest BCUT2D eigenvalue weighted by atomic mass is 10.3. The van der Waals surface area contributed by atoms with Crippen LogP contribution in [0.15, 0.2) is 6.07 Å². The van der Waals surface area contributed by atoms with E-state index in [0.717, 1.165) is 41.3 Å². The Balaban J connectivity index is 2.65. The molecular weight excluding hydrogens is 206 g/mol. The minimum atomic E-state index is 0.750. The molecule has 1 aromatic heterocycles. The van der Waals surface area contributed by atoms with Gasteiger partial charge in [-0.15, -0.1) is 18.2 Å². The van der Waals surface area contributed by atoms with Crippen LogP contribution in [0.4, 0.5) is 0 Å². The second kappa shape index (κ2) is 5.67. The van der Waals surface area contributed by atoms with Crippen molar-refractivity contribution in [1.82, 2.24) is 4.57 Å². The second-order valence-electron chi connectivity index (χ2n) is 3.35. The van der Waals surface area contributed by atoms with Crippen molar-refractivity contribution in [2.75, 3.05) is 11.5 Å². The number of thioether (sulfide) groups is 1. The average molecular weight is 221 g/mol. The first-order chi connectivity index (χ1) is 7.20. The molecule has 0 aromatic carbocycles. The highest BCUT2D eigenvalue weighted by atomic mass is 32.2. The summed E-state index contributed by atoms with van der Waals surface area (Å²) in [6.45, 7) is 4.91. The number of carbonyl (C=O) groups is 1. The molecule has 1 rings (SSSR count). The van der Waals surface area contributed by atoms with Gasteiger partial charge in [-0.25, -0.2) is 0 Å². The fourth-order valence-corrected chi connectivity index (χ4v) is 2.15. The van der Waals surface area contributed by atoms with Crippen LogP contribution >= 0.6 is 11.8 Å². The SMILES string of the molecule is C#CCSCCn1c(C)cc(C=O)c1C. The van der Waals surface area contributed by atoms with Crippen molar-refractivity contribution in [1.29, 1.82) is 0 Å². The molecule has 15 heavy (non-hydrogen) atoms. The Kier molecular flexibility index (Phi) is 4.51. The maximum atomic E-state index is 10.7. The van der Waals surface area contributed by atoms with Gasteiger partial charge in [0.1, 0.15) is 0 Å². The van der Waals surface area contributed by atoms with Gasteiger partial charge < -0.3 is 4.57 Å². The van der Waals surface area contributed by atoms with Crippen LogP contribution in [0.1, 0.15) is 21.7 Å². The second-order valence-corrected chi connectivity index (χ2v) is 4.46. The van der Waals surface area contributed by atoms with Gasteiger partial charge >= 0.3 is 0 Å². The minimum absolute atomic E-state index is 0.750. The van der Waals surface area contributed by atoms with Gasteiger partial charge in [-0.05, 0) is 19.9 Å². The first kappa shape index (κ1) is 11.9. The maximum Gasteiger partial charge on any atom is 0.151 e. The normalized spacial score (nSPS) is 9.93. The van der Waals surface area contributed by atoms with Crippen molar-refractivity contribution in [2.24, 2.45) is 0 Å². The smallest absolute Gasteiger partial charge is 0.151 e. The van der Waals surface area contributed by atoms with Crippen LogP contribution in [0.5, 0.6) is 0 Å². The molecule has 0 N–H and O–H groups in total. The molecule has 1 aromatic rings. The molecule has 0 atom stereocenters. The zero-order valence-corrected chi connectivity index (χ0v) is 9.93. The third kappa shape index (κ3) is 2.90. The summed E-state index contributed by atoms with van der Waals surface area (Å²) in [5, 5.41) is 0. The Labute approximate surface area is 95.1 Å². The minimum Gasteiger partial charge on any atom is -0.348 e. The number of aromatic nitrogens is 1. The van der Waals surface area contributed by atoms with Gasteiger partial charge in [-0.3, -0.25) is 4.79 Å². The molecule has 80 valence electrons. The third-order valence-electron chi connectivity index (χ3n) is 2.38. The van der Waals surface area contributed by atoms with Crippen molar-refractivity contribution in [3.8, 4) is 12.3 Å². The van der Waals surface area contributed by atoms with Crippen LogP contribution in [-0.2, 0) is 6.54 Å². The molecule has 0 spiro atoms. The van der Waals surface area contributed by atoms with Crippen molar-refractivity contribution < 1.29 is 4.79 Å². The van der Waals surface area contributed by atoms with Crippen molar-refractivity contribution >= 4 is 18.0 Å². The van der Waals surface area contributed by atoms with E-state index < -0.39 is 0 Å². The summed E-state index contributed by atoms with van der Waals surface area (Å²) >= 11 is 1.74. The van der Waals surface area contributed by atoms with Crippen molar-refractivity contribution in [2.45, 2.75) is 20.4 Å².